The van der Waals surface area contributed by atoms with Crippen molar-refractivity contribution in [2.75, 3.05) is 25.5 Å². The van der Waals surface area contributed by atoms with Crippen LogP contribution in [0.25, 0.3) is 11.2 Å². The molecule has 0 aliphatic carbocycles. The molecule has 0 saturated carbocycles. The highest BCUT2D eigenvalue weighted by molar-refractivity contribution is 6.74. The largest absolute Gasteiger partial charge is 0.447 e. The van der Waals surface area contributed by atoms with Gasteiger partial charge in [0.1, 0.15) is 31.2 Å². The van der Waals surface area contributed by atoms with Crippen LogP contribution in [0.15, 0.2) is 12.7 Å². The number of imidazole rings is 1. The summed E-state index contributed by atoms with van der Waals surface area (Å²) in [5.41, 5.74) is 0.879. The first kappa shape index (κ1) is 34.9. The lowest BCUT2D eigenvalue weighted by molar-refractivity contribution is -0.0513. The fraction of sp³-hybridized carbons (Fsp3) is 0.750. The maximum absolute atomic E-state index is 12.4. The van der Waals surface area contributed by atoms with Gasteiger partial charge in [-0.1, -0.05) is 48.5 Å². The van der Waals surface area contributed by atoms with Gasteiger partial charge in [-0.2, -0.15) is 0 Å². The predicted molar refractivity (Wildman–Crippen MR) is 171 cm³/mol. The van der Waals surface area contributed by atoms with Gasteiger partial charge in [0.25, 0.3) is 0 Å². The average Bonchev–Trinajstić information content (AvgIpc) is 3.46. The summed E-state index contributed by atoms with van der Waals surface area (Å²) in [6.45, 7) is 24.3. The second-order valence-corrected chi connectivity index (χ2v) is 23.5. The molecule has 1 aliphatic rings. The summed E-state index contributed by atoms with van der Waals surface area (Å²) in [6, 6.07) is -0.373. The highest BCUT2D eigenvalue weighted by Crippen LogP contribution is 2.46. The molecule has 242 valence electrons. The molecule has 15 heteroatoms. The van der Waals surface area contributed by atoms with Gasteiger partial charge in [0.05, 0.1) is 6.33 Å². The number of hydrogen-bond acceptors (Lipinski definition) is 9. The molecule has 2 aromatic heterocycles. The van der Waals surface area contributed by atoms with E-state index in [1.54, 1.807) is 10.9 Å². The van der Waals surface area contributed by atoms with Crippen molar-refractivity contribution >= 4 is 45.7 Å². The Bertz CT molecular complexity index is 1270. The standard InChI is InChI=1S/C28H51N7O6Si2/c1-13-14-30-25(36)34-22-19-23(32-16-31-22)35(17-33-19)24-21(41-43(11,12)28(5,6)7)20(40-42(9,10)27(2,3)4)18(39-24)15-38-26(37)29-8/h16-18,20-21,24H,13-15H2,1-12H3,(H,29,37)(H2,30,31,32,34,36)/t18-,20-,21-,24-/m1/s1. The molecular weight excluding hydrogens is 587 g/mol. The number of alkyl carbamates (subject to hydrolysis) is 1. The first-order valence-corrected chi connectivity index (χ1v) is 20.7. The van der Waals surface area contributed by atoms with E-state index < -0.39 is 47.3 Å². The Kier molecular flexibility index (Phi) is 10.7. The molecule has 1 saturated heterocycles. The van der Waals surface area contributed by atoms with Crippen molar-refractivity contribution in [3.05, 3.63) is 12.7 Å². The van der Waals surface area contributed by atoms with Crippen LogP contribution in [0, 0.1) is 0 Å². The van der Waals surface area contributed by atoms with Gasteiger partial charge in [0.15, 0.2) is 39.8 Å². The smallest absolute Gasteiger partial charge is 0.406 e. The van der Waals surface area contributed by atoms with Gasteiger partial charge >= 0.3 is 12.1 Å². The summed E-state index contributed by atoms with van der Waals surface area (Å²) in [7, 11) is -3.22. The Morgan fingerprint density at radius 1 is 0.977 bits per heavy atom. The molecule has 1 aliphatic heterocycles. The molecular formula is C28H51N7O6Si2. The third kappa shape index (κ3) is 7.92. The molecule has 0 radical (unpaired) electrons. The van der Waals surface area contributed by atoms with Gasteiger partial charge in [-0.25, -0.2) is 24.5 Å². The van der Waals surface area contributed by atoms with Crippen LogP contribution in [0.4, 0.5) is 15.4 Å². The minimum atomic E-state index is -2.38. The van der Waals surface area contributed by atoms with Gasteiger partial charge in [-0.3, -0.25) is 9.88 Å². The molecule has 3 N–H and O–H groups in total. The number of fused-ring (bicyclic) bond motifs is 1. The van der Waals surface area contributed by atoms with Crippen LogP contribution >= 0.6 is 0 Å². The molecule has 3 rings (SSSR count). The van der Waals surface area contributed by atoms with Crippen LogP contribution in [0.5, 0.6) is 0 Å². The van der Waals surface area contributed by atoms with Crippen molar-refractivity contribution in [2.24, 2.45) is 0 Å². The molecule has 13 nitrogen and oxygen atoms in total. The van der Waals surface area contributed by atoms with E-state index in [-0.39, 0.29) is 28.5 Å². The van der Waals surface area contributed by atoms with Crippen LogP contribution in [-0.4, -0.2) is 86.8 Å². The zero-order chi connectivity index (χ0) is 32.4. The first-order chi connectivity index (χ1) is 19.8. The number of carbonyl (C=O) groups is 2. The Morgan fingerprint density at radius 2 is 1.58 bits per heavy atom. The van der Waals surface area contributed by atoms with E-state index in [2.05, 4.69) is 98.6 Å². The first-order valence-electron chi connectivity index (χ1n) is 14.9. The highest BCUT2D eigenvalue weighted by Gasteiger charge is 2.55. The number of aromatic nitrogens is 4. The maximum atomic E-state index is 12.4. The topological polar surface area (TPSA) is 151 Å². The zero-order valence-electron chi connectivity index (χ0n) is 27.8. The van der Waals surface area contributed by atoms with Crippen LogP contribution < -0.4 is 16.0 Å². The van der Waals surface area contributed by atoms with Gasteiger partial charge in [0, 0.05) is 13.6 Å². The van der Waals surface area contributed by atoms with Gasteiger partial charge < -0.3 is 29.0 Å². The number of amides is 3. The summed E-state index contributed by atoms with van der Waals surface area (Å²) >= 11 is 0. The summed E-state index contributed by atoms with van der Waals surface area (Å²) in [5, 5.41) is 7.86. The Morgan fingerprint density at radius 3 is 2.14 bits per heavy atom. The zero-order valence-corrected chi connectivity index (χ0v) is 29.8. The maximum Gasteiger partial charge on any atom is 0.406 e. The fourth-order valence-electron chi connectivity index (χ4n) is 4.12. The lowest BCUT2D eigenvalue weighted by atomic mass is 10.1. The number of nitrogens with one attached hydrogen (secondary N) is 3. The van der Waals surface area contributed by atoms with E-state index in [1.807, 2.05) is 6.92 Å². The molecule has 0 unspecified atom stereocenters. The number of hydrogen-bond donors (Lipinski definition) is 3. The number of urea groups is 1. The van der Waals surface area contributed by atoms with Gasteiger partial charge in [-0.05, 0) is 42.7 Å². The molecule has 2 aromatic rings. The van der Waals surface area contributed by atoms with E-state index in [0.29, 0.717) is 17.7 Å². The third-order valence-corrected chi connectivity index (χ3v) is 17.7. The normalized spacial score (nSPS) is 21.6. The number of rotatable bonds is 10. The molecule has 3 heterocycles. The number of ether oxygens (including phenoxy) is 2. The summed E-state index contributed by atoms with van der Waals surface area (Å²) in [4.78, 5) is 37.9. The van der Waals surface area contributed by atoms with Crippen LogP contribution in [0.2, 0.25) is 36.3 Å². The minimum absolute atomic E-state index is 0.0289. The van der Waals surface area contributed by atoms with E-state index in [0.717, 1.165) is 6.42 Å². The predicted octanol–water partition coefficient (Wildman–Crippen LogP) is 5.39. The van der Waals surface area contributed by atoms with Crippen LogP contribution in [-0.2, 0) is 18.3 Å². The number of anilines is 1. The average molecular weight is 638 g/mol. The molecule has 43 heavy (non-hydrogen) atoms. The van der Waals surface area contributed by atoms with E-state index >= 15 is 0 Å². The van der Waals surface area contributed by atoms with Crippen LogP contribution in [0.1, 0.15) is 61.1 Å². The molecule has 3 amide bonds. The lowest BCUT2D eigenvalue weighted by Crippen LogP contribution is -2.54. The van der Waals surface area contributed by atoms with Crippen molar-refractivity contribution < 1.29 is 27.9 Å². The van der Waals surface area contributed by atoms with Crippen molar-refractivity contribution in [1.82, 2.24) is 30.2 Å². The van der Waals surface area contributed by atoms with Crippen molar-refractivity contribution in [3.8, 4) is 0 Å². The molecule has 0 aromatic carbocycles. The van der Waals surface area contributed by atoms with Gasteiger partial charge in [0.2, 0.25) is 0 Å². The van der Waals surface area contributed by atoms with Gasteiger partial charge in [-0.15, -0.1) is 0 Å². The Balaban J connectivity index is 2.12. The third-order valence-electron chi connectivity index (χ3n) is 8.74. The second kappa shape index (κ2) is 13.2. The molecule has 4 atom stereocenters. The van der Waals surface area contributed by atoms with E-state index in [9.17, 15) is 9.59 Å². The minimum Gasteiger partial charge on any atom is -0.447 e. The molecule has 0 bridgehead atoms. The Hall–Kier alpha value is -2.60. The quantitative estimate of drug-likeness (QED) is 0.291. The van der Waals surface area contributed by atoms with Crippen molar-refractivity contribution in [2.45, 2.75) is 116 Å². The van der Waals surface area contributed by atoms with E-state index in [4.69, 9.17) is 18.3 Å². The van der Waals surface area contributed by atoms with Crippen LogP contribution in [0.3, 0.4) is 0 Å². The van der Waals surface area contributed by atoms with Crippen molar-refractivity contribution in [3.63, 3.8) is 0 Å². The number of nitrogens with zero attached hydrogens (tertiary/aromatic N) is 4. The number of carbonyl (C=O) groups excluding carboxylic acids is 2. The Labute approximate surface area is 257 Å². The monoisotopic (exact) mass is 637 g/mol. The summed E-state index contributed by atoms with van der Waals surface area (Å²) in [5.74, 6) is 0.283. The fourth-order valence-corrected chi connectivity index (χ4v) is 6.72. The van der Waals surface area contributed by atoms with Crippen molar-refractivity contribution in [1.29, 1.82) is 0 Å². The summed E-state index contributed by atoms with van der Waals surface area (Å²) in [6.07, 6.45) is 0.811. The highest BCUT2D eigenvalue weighted by atomic mass is 28.4. The second-order valence-electron chi connectivity index (χ2n) is 14.0. The summed E-state index contributed by atoms with van der Waals surface area (Å²) < 4.78 is 28.1. The van der Waals surface area contributed by atoms with E-state index in [1.165, 1.54) is 13.4 Å². The molecule has 0 spiro atoms. The lowest BCUT2D eigenvalue weighted by Gasteiger charge is -2.44. The SMILES string of the molecule is CCCNC(=O)Nc1ncnc2c1ncn2[C@@H]1O[C@H](COC(=O)NC)[C@@H](O[Si](C)(C)C(C)(C)C)[C@H]1O[Si](C)(C)C(C)(C)C. The molecule has 1 fully saturated rings.